The Morgan fingerprint density at radius 1 is 0.678 bits per heavy atom. The third-order valence-corrected chi connectivity index (χ3v) is 11.9. The molecular weight excluding hydrogens is 779 g/mol. The van der Waals surface area contributed by atoms with E-state index in [0.717, 1.165) is 38.5 Å². The molecule has 350 valence electrons. The van der Waals surface area contributed by atoms with Gasteiger partial charge in [0.1, 0.15) is 30.5 Å². The number of hydrogen-bond acceptors (Lipinski definition) is 11. The van der Waals surface area contributed by atoms with Crippen LogP contribution in [0.25, 0.3) is 0 Å². The van der Waals surface area contributed by atoms with Gasteiger partial charge in [-0.15, -0.1) is 0 Å². The molecule has 0 aromatic heterocycles. The first-order valence-corrected chi connectivity index (χ1v) is 25.0. The van der Waals surface area contributed by atoms with Crippen LogP contribution in [0.5, 0.6) is 0 Å². The zero-order valence-electron chi connectivity index (χ0n) is 36.9. The lowest BCUT2D eigenvalue weighted by Gasteiger charge is -2.41. The second kappa shape index (κ2) is 36.3. The van der Waals surface area contributed by atoms with E-state index in [-0.39, 0.29) is 6.42 Å². The van der Waals surface area contributed by atoms with Gasteiger partial charge in [-0.1, -0.05) is 199 Å². The van der Waals surface area contributed by atoms with Gasteiger partial charge in [-0.3, -0.25) is 9.35 Å². The highest BCUT2D eigenvalue weighted by molar-refractivity contribution is 7.80. The number of aliphatic hydroxyl groups excluding tert-OH is 5. The molecule has 1 aliphatic rings. The second-order valence-electron chi connectivity index (χ2n) is 16.8. The van der Waals surface area contributed by atoms with Crippen molar-refractivity contribution in [2.75, 3.05) is 13.2 Å². The Balaban J connectivity index is 2.51. The third-order valence-electron chi connectivity index (χ3n) is 11.4. The summed E-state index contributed by atoms with van der Waals surface area (Å²) in [5.41, 5.74) is 0. The van der Waals surface area contributed by atoms with Crippen LogP contribution in [0.1, 0.15) is 206 Å². The van der Waals surface area contributed by atoms with E-state index in [1.165, 1.54) is 141 Å². The number of carbonyl (C=O) groups excluding carboxylic acids is 1. The minimum atomic E-state index is -5.11. The number of rotatable bonds is 40. The van der Waals surface area contributed by atoms with Crippen molar-refractivity contribution in [1.29, 1.82) is 0 Å². The van der Waals surface area contributed by atoms with Crippen LogP contribution in [0.15, 0.2) is 12.2 Å². The first-order valence-electron chi connectivity index (χ1n) is 23.7. The first kappa shape index (κ1) is 55.8. The maximum atomic E-state index is 13.1. The molecule has 1 saturated heterocycles. The van der Waals surface area contributed by atoms with Gasteiger partial charge in [0.05, 0.1) is 25.4 Å². The fraction of sp³-hybridized carbons (Fsp3) is 0.933. The molecule has 0 spiro atoms. The van der Waals surface area contributed by atoms with Crippen LogP contribution in [0.2, 0.25) is 0 Å². The summed E-state index contributed by atoms with van der Waals surface area (Å²) in [6.07, 6.45) is 27.3. The lowest BCUT2D eigenvalue weighted by atomic mass is 9.99. The van der Waals surface area contributed by atoms with Crippen molar-refractivity contribution < 1.29 is 57.0 Å². The lowest BCUT2D eigenvalue weighted by molar-refractivity contribution is -0.298. The van der Waals surface area contributed by atoms with Crippen molar-refractivity contribution in [2.45, 2.75) is 255 Å². The predicted octanol–water partition coefficient (Wildman–Crippen LogP) is 8.14. The highest BCUT2D eigenvalue weighted by Gasteiger charge is 2.48. The summed E-state index contributed by atoms with van der Waals surface area (Å²) < 4.78 is 47.4. The van der Waals surface area contributed by atoms with Crippen molar-refractivity contribution in [3.05, 3.63) is 12.2 Å². The smallest absolute Gasteiger partial charge is 0.394 e. The standard InChI is InChI=1S/C45H87NO12S/c1-3-5-7-9-11-13-15-16-17-18-19-20-21-22-24-26-28-30-32-34-39(49)44(52)46-37(38(48)33-31-29-27-25-23-14-12-10-8-6-4-2)36-56-45-42(51)43(58-59(53,54)55)41(50)40(35-47)57-45/h31,33,37-43,45,47-51H,3-30,32,34-36H2,1-2H3,(H,46,52)(H,53,54,55)/b33-31+. The van der Waals surface area contributed by atoms with Gasteiger partial charge in [0, 0.05) is 0 Å². The summed E-state index contributed by atoms with van der Waals surface area (Å²) in [6, 6.07) is -1.11. The van der Waals surface area contributed by atoms with Crippen molar-refractivity contribution in [1.82, 2.24) is 5.32 Å². The summed E-state index contributed by atoms with van der Waals surface area (Å²) in [5, 5.41) is 55.1. The minimum absolute atomic E-state index is 0.248. The zero-order chi connectivity index (χ0) is 43.6. The molecule has 14 heteroatoms. The molecule has 0 aliphatic carbocycles. The fourth-order valence-corrected chi connectivity index (χ4v) is 8.15. The largest absolute Gasteiger partial charge is 0.397 e. The van der Waals surface area contributed by atoms with Gasteiger partial charge in [-0.25, -0.2) is 4.18 Å². The molecule has 7 N–H and O–H groups in total. The topological polar surface area (TPSA) is 212 Å². The molecule has 1 amide bonds. The fourth-order valence-electron chi connectivity index (χ4n) is 7.64. The van der Waals surface area contributed by atoms with E-state index >= 15 is 0 Å². The average molecular weight is 866 g/mol. The van der Waals surface area contributed by atoms with Gasteiger partial charge < -0.3 is 40.3 Å². The molecule has 1 rings (SSSR count). The van der Waals surface area contributed by atoms with Crippen LogP contribution in [-0.2, 0) is 28.9 Å². The first-order chi connectivity index (χ1) is 28.4. The van der Waals surface area contributed by atoms with E-state index in [0.29, 0.717) is 12.8 Å². The normalized spacial score (nSPS) is 21.5. The monoisotopic (exact) mass is 866 g/mol. The summed E-state index contributed by atoms with van der Waals surface area (Å²) in [7, 11) is -5.11. The Kier molecular flexibility index (Phi) is 34.3. The number of carbonyl (C=O) groups is 1. The Bertz CT molecular complexity index is 1130. The summed E-state index contributed by atoms with van der Waals surface area (Å²) >= 11 is 0. The Morgan fingerprint density at radius 3 is 1.53 bits per heavy atom. The maximum absolute atomic E-state index is 13.1. The summed E-state index contributed by atoms with van der Waals surface area (Å²) in [4.78, 5) is 13.1. The average Bonchev–Trinajstić information content (AvgIpc) is 3.20. The van der Waals surface area contributed by atoms with Gasteiger partial charge in [0.25, 0.3) is 0 Å². The predicted molar refractivity (Wildman–Crippen MR) is 233 cm³/mol. The third kappa shape index (κ3) is 28.9. The molecule has 0 radical (unpaired) electrons. The molecule has 0 aromatic rings. The molecular formula is C45H87NO12S. The molecule has 0 saturated carbocycles. The number of allylic oxidation sites excluding steroid dienone is 1. The highest BCUT2D eigenvalue weighted by Crippen LogP contribution is 2.26. The van der Waals surface area contributed by atoms with E-state index in [2.05, 4.69) is 23.3 Å². The van der Waals surface area contributed by atoms with Crippen LogP contribution in [-0.4, -0.2) is 107 Å². The number of hydrogen-bond donors (Lipinski definition) is 7. The Labute approximate surface area is 358 Å². The molecule has 1 fully saturated rings. The van der Waals surface area contributed by atoms with Crippen LogP contribution >= 0.6 is 0 Å². The molecule has 8 unspecified atom stereocenters. The summed E-state index contributed by atoms with van der Waals surface area (Å²) in [5.74, 6) is -0.700. The quantitative estimate of drug-likeness (QED) is 0.0177. The van der Waals surface area contributed by atoms with Crippen LogP contribution in [0.3, 0.4) is 0 Å². The van der Waals surface area contributed by atoms with Gasteiger partial charge in [0.2, 0.25) is 5.91 Å². The van der Waals surface area contributed by atoms with Crippen LogP contribution in [0, 0.1) is 0 Å². The molecule has 1 aliphatic heterocycles. The van der Waals surface area contributed by atoms with E-state index in [9.17, 15) is 38.7 Å². The number of nitrogens with one attached hydrogen (secondary N) is 1. The number of aliphatic hydroxyl groups is 5. The molecule has 0 aromatic carbocycles. The molecule has 59 heavy (non-hydrogen) atoms. The van der Waals surface area contributed by atoms with E-state index in [4.69, 9.17) is 14.0 Å². The Hall–Kier alpha value is -1.20. The maximum Gasteiger partial charge on any atom is 0.397 e. The second-order valence-corrected chi connectivity index (χ2v) is 17.9. The van der Waals surface area contributed by atoms with Gasteiger partial charge in [-0.2, -0.15) is 8.42 Å². The minimum Gasteiger partial charge on any atom is -0.394 e. The number of unbranched alkanes of at least 4 members (excludes halogenated alkanes) is 27. The zero-order valence-corrected chi connectivity index (χ0v) is 37.8. The number of ether oxygens (including phenoxy) is 2. The molecule has 1 heterocycles. The molecule has 0 bridgehead atoms. The van der Waals surface area contributed by atoms with Crippen molar-refractivity contribution in [3.8, 4) is 0 Å². The Morgan fingerprint density at radius 2 is 1.10 bits per heavy atom. The van der Waals surface area contributed by atoms with Crippen molar-refractivity contribution in [2.24, 2.45) is 0 Å². The van der Waals surface area contributed by atoms with Crippen molar-refractivity contribution in [3.63, 3.8) is 0 Å². The van der Waals surface area contributed by atoms with Crippen molar-refractivity contribution >= 4 is 16.3 Å². The van der Waals surface area contributed by atoms with E-state index in [1.54, 1.807) is 0 Å². The SMILES string of the molecule is CCCCCCCCCCC/C=C/C(O)C(COC1OC(CO)C(O)C(OS(=O)(=O)O)C1O)NC(=O)C(O)CCCCCCCCCCCCCCCCCCCCC. The lowest BCUT2D eigenvalue weighted by Crippen LogP contribution is -2.61. The van der Waals surface area contributed by atoms with Crippen LogP contribution < -0.4 is 5.32 Å². The van der Waals surface area contributed by atoms with Gasteiger partial charge >= 0.3 is 10.4 Å². The molecule has 13 nitrogen and oxygen atoms in total. The van der Waals surface area contributed by atoms with Gasteiger partial charge in [0.15, 0.2) is 6.29 Å². The number of amides is 1. The van der Waals surface area contributed by atoms with E-state index < -0.39 is 78.5 Å². The van der Waals surface area contributed by atoms with Gasteiger partial charge in [-0.05, 0) is 19.3 Å². The molecule has 8 atom stereocenters. The van der Waals surface area contributed by atoms with E-state index in [1.807, 2.05) is 6.08 Å². The highest BCUT2D eigenvalue weighted by atomic mass is 32.3. The summed E-state index contributed by atoms with van der Waals surface area (Å²) in [6.45, 7) is 3.21. The van der Waals surface area contributed by atoms with Crippen LogP contribution in [0.4, 0.5) is 0 Å².